The summed E-state index contributed by atoms with van der Waals surface area (Å²) < 4.78 is 19.2. The van der Waals surface area contributed by atoms with Crippen LogP contribution in [-0.2, 0) is 9.53 Å². The maximum atomic E-state index is 14.4. The molecule has 0 N–H and O–H groups in total. The molecule has 0 bridgehead atoms. The van der Waals surface area contributed by atoms with E-state index in [9.17, 15) is 9.18 Å². The third-order valence-electron chi connectivity index (χ3n) is 2.34. The number of rotatable bonds is 7. The molecular formula is C12H20ClFO2. The van der Waals surface area contributed by atoms with Crippen LogP contribution >= 0.6 is 11.6 Å². The maximum Gasteiger partial charge on any atom is 0.309 e. The number of carbonyl (C=O) groups is 1. The lowest BCUT2D eigenvalue weighted by molar-refractivity contribution is -0.145. The Balaban J connectivity index is 4.59. The number of halogens is 2. The Labute approximate surface area is 102 Å². The van der Waals surface area contributed by atoms with Crippen molar-refractivity contribution in [3.05, 3.63) is 11.1 Å². The summed E-state index contributed by atoms with van der Waals surface area (Å²) in [5.41, 5.74) is -1.77. The van der Waals surface area contributed by atoms with Gasteiger partial charge in [-0.15, -0.1) is 0 Å². The average Bonchev–Trinajstić information content (AvgIpc) is 2.25. The van der Waals surface area contributed by atoms with E-state index in [4.69, 9.17) is 16.3 Å². The van der Waals surface area contributed by atoms with E-state index in [1.165, 1.54) is 6.08 Å². The van der Waals surface area contributed by atoms with Gasteiger partial charge in [0.1, 0.15) is 0 Å². The second-order valence-corrected chi connectivity index (χ2v) is 4.09. The summed E-state index contributed by atoms with van der Waals surface area (Å²) in [7, 11) is 0. The van der Waals surface area contributed by atoms with Gasteiger partial charge in [0.05, 0.1) is 18.1 Å². The summed E-state index contributed by atoms with van der Waals surface area (Å²) in [5, 5.41) is 0.0917. The Bertz CT molecular complexity index is 253. The molecule has 0 fully saturated rings. The van der Waals surface area contributed by atoms with Crippen molar-refractivity contribution < 1.29 is 13.9 Å². The molecule has 0 aromatic rings. The lowest BCUT2D eigenvalue weighted by Gasteiger charge is -2.23. The SMILES string of the molecule is C/C=C(\Cl)C(F)(CCCC)CC(=O)OCC. The minimum absolute atomic E-state index is 0.0917. The fourth-order valence-corrected chi connectivity index (χ4v) is 1.61. The van der Waals surface area contributed by atoms with E-state index >= 15 is 0 Å². The molecule has 0 saturated carbocycles. The van der Waals surface area contributed by atoms with Gasteiger partial charge in [0.25, 0.3) is 0 Å². The molecule has 0 heterocycles. The summed E-state index contributed by atoms with van der Waals surface area (Å²) >= 11 is 5.83. The molecule has 94 valence electrons. The van der Waals surface area contributed by atoms with E-state index in [-0.39, 0.29) is 24.5 Å². The van der Waals surface area contributed by atoms with Gasteiger partial charge in [0, 0.05) is 0 Å². The Hall–Kier alpha value is -0.570. The molecule has 0 spiro atoms. The van der Waals surface area contributed by atoms with Gasteiger partial charge in [0.15, 0.2) is 5.67 Å². The van der Waals surface area contributed by atoms with Crippen LogP contribution in [0.3, 0.4) is 0 Å². The van der Waals surface area contributed by atoms with Crippen molar-refractivity contribution in [2.45, 2.75) is 52.1 Å². The van der Waals surface area contributed by atoms with Crippen LogP contribution in [-0.4, -0.2) is 18.2 Å². The minimum atomic E-state index is -1.77. The molecular weight excluding hydrogens is 231 g/mol. The second-order valence-electron chi connectivity index (χ2n) is 3.69. The monoisotopic (exact) mass is 250 g/mol. The Morgan fingerprint density at radius 1 is 1.50 bits per heavy atom. The molecule has 0 aromatic carbocycles. The van der Waals surface area contributed by atoms with Crippen molar-refractivity contribution in [2.24, 2.45) is 0 Å². The van der Waals surface area contributed by atoms with Gasteiger partial charge in [-0.3, -0.25) is 4.79 Å². The van der Waals surface area contributed by atoms with Crippen LogP contribution in [0.2, 0.25) is 0 Å². The van der Waals surface area contributed by atoms with Gasteiger partial charge in [-0.2, -0.15) is 0 Å². The fraction of sp³-hybridized carbons (Fsp3) is 0.750. The van der Waals surface area contributed by atoms with E-state index in [0.29, 0.717) is 6.42 Å². The third-order valence-corrected chi connectivity index (χ3v) is 2.89. The van der Waals surface area contributed by atoms with Gasteiger partial charge < -0.3 is 4.74 Å². The number of hydrogen-bond acceptors (Lipinski definition) is 2. The molecule has 0 radical (unpaired) electrons. The topological polar surface area (TPSA) is 26.3 Å². The van der Waals surface area contributed by atoms with Crippen LogP contribution in [0.4, 0.5) is 4.39 Å². The number of esters is 1. The zero-order chi connectivity index (χ0) is 12.6. The summed E-state index contributed by atoms with van der Waals surface area (Å²) in [6.45, 7) is 5.58. The molecule has 0 aliphatic rings. The molecule has 0 saturated heterocycles. The van der Waals surface area contributed by atoms with Gasteiger partial charge in [-0.1, -0.05) is 37.4 Å². The zero-order valence-electron chi connectivity index (χ0n) is 10.2. The molecule has 16 heavy (non-hydrogen) atoms. The molecule has 1 unspecified atom stereocenters. The van der Waals surface area contributed by atoms with E-state index in [2.05, 4.69) is 0 Å². The number of ether oxygens (including phenoxy) is 1. The Kier molecular flexibility index (Phi) is 7.39. The van der Waals surface area contributed by atoms with Crippen LogP contribution in [0, 0.1) is 0 Å². The highest BCUT2D eigenvalue weighted by molar-refractivity contribution is 6.30. The van der Waals surface area contributed by atoms with Crippen LogP contribution < -0.4 is 0 Å². The molecule has 2 nitrogen and oxygen atoms in total. The van der Waals surface area contributed by atoms with Crippen molar-refractivity contribution in [3.63, 3.8) is 0 Å². The number of hydrogen-bond donors (Lipinski definition) is 0. The predicted molar refractivity (Wildman–Crippen MR) is 64.2 cm³/mol. The molecule has 0 aromatic heterocycles. The van der Waals surface area contributed by atoms with Gasteiger partial charge in [-0.25, -0.2) is 4.39 Å². The quantitative estimate of drug-likeness (QED) is 0.639. The summed E-state index contributed by atoms with van der Waals surface area (Å²) in [6.07, 6.45) is 3.01. The van der Waals surface area contributed by atoms with Crippen molar-refractivity contribution >= 4 is 17.6 Å². The minimum Gasteiger partial charge on any atom is -0.466 e. The third kappa shape index (κ3) is 4.97. The first kappa shape index (κ1) is 15.4. The second kappa shape index (κ2) is 7.66. The Morgan fingerprint density at radius 2 is 2.12 bits per heavy atom. The molecule has 0 rings (SSSR count). The van der Waals surface area contributed by atoms with Gasteiger partial charge in [0.2, 0.25) is 0 Å². The van der Waals surface area contributed by atoms with Crippen LogP contribution in [0.15, 0.2) is 11.1 Å². The lowest BCUT2D eigenvalue weighted by Crippen LogP contribution is -2.28. The van der Waals surface area contributed by atoms with Crippen molar-refractivity contribution in [2.75, 3.05) is 6.61 Å². The van der Waals surface area contributed by atoms with Gasteiger partial charge >= 0.3 is 5.97 Å². The smallest absolute Gasteiger partial charge is 0.309 e. The standard InChI is InChI=1S/C12H20ClFO2/c1-4-7-8-12(14,10(13)5-2)9-11(15)16-6-3/h5H,4,6-9H2,1-3H3/b10-5-. The highest BCUT2D eigenvalue weighted by Crippen LogP contribution is 2.34. The largest absolute Gasteiger partial charge is 0.466 e. The number of allylic oxidation sites excluding steroid dienone is 2. The average molecular weight is 251 g/mol. The van der Waals surface area contributed by atoms with E-state index in [0.717, 1.165) is 6.42 Å². The van der Waals surface area contributed by atoms with E-state index in [1.54, 1.807) is 13.8 Å². The molecule has 4 heteroatoms. The molecule has 0 aliphatic carbocycles. The number of alkyl halides is 1. The summed E-state index contributed by atoms with van der Waals surface area (Å²) in [6, 6.07) is 0. The summed E-state index contributed by atoms with van der Waals surface area (Å²) in [5.74, 6) is -0.541. The van der Waals surface area contributed by atoms with Crippen molar-refractivity contribution in [1.82, 2.24) is 0 Å². The van der Waals surface area contributed by atoms with Crippen molar-refractivity contribution in [3.8, 4) is 0 Å². The first-order valence-electron chi connectivity index (χ1n) is 5.67. The van der Waals surface area contributed by atoms with Crippen LogP contribution in [0.1, 0.15) is 46.5 Å². The summed E-state index contributed by atoms with van der Waals surface area (Å²) in [4.78, 5) is 11.3. The highest BCUT2D eigenvalue weighted by Gasteiger charge is 2.35. The van der Waals surface area contributed by atoms with Gasteiger partial charge in [-0.05, 0) is 20.3 Å². The fourth-order valence-electron chi connectivity index (χ4n) is 1.45. The molecule has 0 amide bonds. The molecule has 1 atom stereocenters. The first-order chi connectivity index (χ1) is 7.50. The zero-order valence-corrected chi connectivity index (χ0v) is 10.9. The first-order valence-corrected chi connectivity index (χ1v) is 6.04. The van der Waals surface area contributed by atoms with Crippen molar-refractivity contribution in [1.29, 1.82) is 0 Å². The van der Waals surface area contributed by atoms with Crippen LogP contribution in [0.25, 0.3) is 0 Å². The normalized spacial score (nSPS) is 15.7. The lowest BCUT2D eigenvalue weighted by atomic mass is 9.94. The number of unbranched alkanes of at least 4 members (excludes halogenated alkanes) is 1. The maximum absolute atomic E-state index is 14.4. The predicted octanol–water partition coefficient (Wildman–Crippen LogP) is 3.98. The Morgan fingerprint density at radius 3 is 2.56 bits per heavy atom. The molecule has 0 aliphatic heterocycles. The van der Waals surface area contributed by atoms with Crippen LogP contribution in [0.5, 0.6) is 0 Å². The van der Waals surface area contributed by atoms with E-state index < -0.39 is 11.6 Å². The highest BCUT2D eigenvalue weighted by atomic mass is 35.5. The number of carbonyl (C=O) groups excluding carboxylic acids is 1. The van der Waals surface area contributed by atoms with E-state index in [1.807, 2.05) is 6.92 Å².